The summed E-state index contributed by atoms with van der Waals surface area (Å²) in [7, 11) is -4.94. The van der Waals surface area contributed by atoms with E-state index in [-0.39, 0.29) is 17.5 Å². The minimum Gasteiger partial charge on any atom is -0.459 e. The summed E-state index contributed by atoms with van der Waals surface area (Å²) in [5.41, 5.74) is 7.25. The summed E-state index contributed by atoms with van der Waals surface area (Å²) in [6.45, 7) is 16.7. The van der Waals surface area contributed by atoms with Gasteiger partial charge in [-0.15, -0.1) is 10.2 Å². The van der Waals surface area contributed by atoms with Crippen molar-refractivity contribution in [3.63, 3.8) is 0 Å². The highest BCUT2D eigenvalue weighted by Gasteiger charge is 2.39. The Bertz CT molecular complexity index is 1470. The zero-order chi connectivity index (χ0) is 30.7. The van der Waals surface area contributed by atoms with Crippen LogP contribution in [-0.2, 0) is 28.0 Å². The molecule has 4 rings (SSSR count). The molecule has 3 aromatic rings. The zero-order valence-corrected chi connectivity index (χ0v) is 26.0. The van der Waals surface area contributed by atoms with Crippen LogP contribution in [-0.4, -0.2) is 23.2 Å². The summed E-state index contributed by atoms with van der Waals surface area (Å²) in [6, 6.07) is 12.7. The highest BCUT2D eigenvalue weighted by molar-refractivity contribution is 6.31. The number of likely N-dealkylation sites (N-methyl/N-ethyl adjacent to an activating group) is 1. The number of anilines is 1. The van der Waals surface area contributed by atoms with Gasteiger partial charge in [-0.1, -0.05) is 49.2 Å². The molecule has 1 aliphatic rings. The number of hydrogen-bond acceptors (Lipinski definition) is 7. The Labute approximate surface area is 248 Å². The van der Waals surface area contributed by atoms with Gasteiger partial charge in [0.15, 0.2) is 11.0 Å². The molecule has 41 heavy (non-hydrogen) atoms. The first-order chi connectivity index (χ1) is 19.1. The van der Waals surface area contributed by atoms with Gasteiger partial charge < -0.3 is 9.64 Å². The maximum atomic E-state index is 11.6. The molecule has 0 saturated carbocycles. The number of rotatable bonds is 7. The molecule has 1 aliphatic heterocycles. The average Bonchev–Trinajstić information content (AvgIpc) is 3.24. The van der Waals surface area contributed by atoms with Gasteiger partial charge in [0.1, 0.15) is 12.6 Å². The van der Waals surface area contributed by atoms with Gasteiger partial charge in [0.05, 0.1) is 6.54 Å². The van der Waals surface area contributed by atoms with Gasteiger partial charge in [0.2, 0.25) is 0 Å². The van der Waals surface area contributed by atoms with Crippen LogP contribution in [0.25, 0.3) is 17.1 Å². The molecule has 1 atom stereocenters. The van der Waals surface area contributed by atoms with E-state index in [1.165, 1.54) is 29.4 Å². The van der Waals surface area contributed by atoms with Crippen molar-refractivity contribution in [2.75, 3.05) is 11.4 Å². The first-order valence-electron chi connectivity index (χ1n) is 13.4. The number of carbonyl (C=O) groups excluding carboxylic acids is 1. The average molecular weight is 607 g/mol. The van der Waals surface area contributed by atoms with Crippen LogP contribution in [0.5, 0.6) is 0 Å². The van der Waals surface area contributed by atoms with Crippen molar-refractivity contribution in [3.8, 4) is 0 Å². The SMILES string of the molecule is CCN1C(=CC=Cc2n(CC(C)OC(C)=O)c3cc(Cl)ccc3[n+]2CC)C(C)(C)c2cc(C)ccc21.[O-][Cl+3]([O-])([O-])[O-]. The van der Waals surface area contributed by atoms with Gasteiger partial charge in [-0.05, 0) is 57.5 Å². The van der Waals surface area contributed by atoms with Gasteiger partial charge in [0, 0.05) is 47.4 Å². The van der Waals surface area contributed by atoms with E-state index < -0.39 is 10.2 Å². The zero-order valence-electron chi connectivity index (χ0n) is 24.4. The lowest BCUT2D eigenvalue weighted by molar-refractivity contribution is -2.00. The van der Waals surface area contributed by atoms with Gasteiger partial charge in [-0.25, -0.2) is 27.8 Å². The Morgan fingerprint density at radius 3 is 2.39 bits per heavy atom. The van der Waals surface area contributed by atoms with Crippen molar-refractivity contribution in [3.05, 3.63) is 76.2 Å². The summed E-state index contributed by atoms with van der Waals surface area (Å²) in [4.78, 5) is 14.0. The smallest absolute Gasteiger partial charge is 0.303 e. The third-order valence-corrected chi connectivity index (χ3v) is 7.29. The highest BCUT2D eigenvalue weighted by atomic mass is 35.7. The maximum Gasteiger partial charge on any atom is 0.303 e. The van der Waals surface area contributed by atoms with Gasteiger partial charge in [0.25, 0.3) is 5.82 Å². The Kier molecular flexibility index (Phi) is 10.3. The van der Waals surface area contributed by atoms with Crippen LogP contribution in [0.4, 0.5) is 5.69 Å². The van der Waals surface area contributed by atoms with Crippen molar-refractivity contribution in [2.45, 2.75) is 73.1 Å². The number of aryl methyl sites for hydroxylation is 2. The lowest BCUT2D eigenvalue weighted by atomic mass is 9.83. The minimum absolute atomic E-state index is 0.0908. The van der Waals surface area contributed by atoms with Gasteiger partial charge in [-0.2, -0.15) is 0 Å². The predicted molar refractivity (Wildman–Crippen MR) is 148 cm³/mol. The Morgan fingerprint density at radius 1 is 1.15 bits per heavy atom. The number of carbonyl (C=O) groups is 1. The van der Waals surface area contributed by atoms with Crippen LogP contribution in [0.2, 0.25) is 5.02 Å². The maximum absolute atomic E-state index is 11.6. The third-order valence-electron chi connectivity index (χ3n) is 7.06. The fraction of sp³-hybridized carbons (Fsp3) is 0.400. The van der Waals surface area contributed by atoms with Crippen molar-refractivity contribution in [1.82, 2.24) is 4.57 Å². The predicted octanol–water partition coefficient (Wildman–Crippen LogP) is 1.82. The molecule has 1 aromatic heterocycles. The molecule has 11 heteroatoms. The van der Waals surface area contributed by atoms with Crippen molar-refractivity contribution < 1.29 is 43.0 Å². The summed E-state index contributed by atoms with van der Waals surface area (Å²) >= 11 is 6.38. The number of hydrogen-bond donors (Lipinski definition) is 0. The molecule has 0 amide bonds. The number of allylic oxidation sites excluding steroid dienone is 3. The van der Waals surface area contributed by atoms with Crippen LogP contribution in [0.3, 0.4) is 0 Å². The van der Waals surface area contributed by atoms with E-state index in [4.69, 9.17) is 35.0 Å². The molecule has 222 valence electrons. The van der Waals surface area contributed by atoms with Crippen molar-refractivity contribution in [1.29, 1.82) is 0 Å². The molecule has 0 spiro atoms. The Balaban J connectivity index is 0.000000850. The number of fused-ring (bicyclic) bond motifs is 2. The molecule has 0 N–H and O–H groups in total. The third kappa shape index (κ3) is 7.68. The second kappa shape index (κ2) is 12.9. The second-order valence-corrected chi connectivity index (χ2v) is 11.6. The van der Waals surface area contributed by atoms with Crippen LogP contribution in [0.1, 0.15) is 58.5 Å². The number of esters is 1. The first-order valence-corrected chi connectivity index (χ1v) is 15.0. The van der Waals surface area contributed by atoms with Crippen molar-refractivity contribution in [2.24, 2.45) is 0 Å². The Morgan fingerprint density at radius 2 is 1.80 bits per heavy atom. The number of nitrogens with zero attached hydrogens (tertiary/aromatic N) is 3. The van der Waals surface area contributed by atoms with E-state index in [1.54, 1.807) is 0 Å². The van der Waals surface area contributed by atoms with E-state index in [0.29, 0.717) is 11.6 Å². The summed E-state index contributed by atoms with van der Waals surface area (Å²) < 4.78 is 43.9. The normalized spacial score (nSPS) is 16.2. The van der Waals surface area contributed by atoms with Crippen LogP contribution in [0.15, 0.2) is 54.2 Å². The topological polar surface area (TPSA) is 131 Å². The van der Waals surface area contributed by atoms with Crippen LogP contribution < -0.4 is 28.1 Å². The van der Waals surface area contributed by atoms with Gasteiger partial charge >= 0.3 is 5.97 Å². The minimum atomic E-state index is -4.94. The fourth-order valence-corrected chi connectivity index (χ4v) is 5.64. The Hall–Kier alpha value is -2.92. The molecule has 0 saturated heterocycles. The lowest BCUT2D eigenvalue weighted by Crippen LogP contribution is -2.68. The van der Waals surface area contributed by atoms with E-state index in [1.807, 2.05) is 19.1 Å². The first kappa shape index (κ1) is 32.6. The molecular formula is C30H37Cl2N3O6. The number of halogens is 2. The number of benzene rings is 2. The quantitative estimate of drug-likeness (QED) is 0.296. The molecule has 0 fully saturated rings. The fourth-order valence-electron chi connectivity index (χ4n) is 5.47. The molecule has 0 radical (unpaired) electrons. The van der Waals surface area contributed by atoms with E-state index >= 15 is 0 Å². The van der Waals surface area contributed by atoms with Crippen LogP contribution >= 0.6 is 11.6 Å². The van der Waals surface area contributed by atoms with Gasteiger partial charge in [-0.3, -0.25) is 4.79 Å². The molecule has 9 nitrogen and oxygen atoms in total. The summed E-state index contributed by atoms with van der Waals surface area (Å²) in [5, 5.41) is 0.682. The molecule has 2 heterocycles. The molecule has 2 aromatic carbocycles. The second-order valence-electron chi connectivity index (χ2n) is 10.4. The largest absolute Gasteiger partial charge is 0.459 e. The van der Waals surface area contributed by atoms with Crippen LogP contribution in [0, 0.1) is 17.2 Å². The highest BCUT2D eigenvalue weighted by Crippen LogP contribution is 2.47. The van der Waals surface area contributed by atoms with E-state index in [9.17, 15) is 4.79 Å². The standard InChI is InChI=1S/C30H37ClN3O2.ClHO4/c1-8-32-25-15-13-20(3)17-24(25)30(6,7)28(32)11-10-12-29-33(9-2)26-16-14-23(31)18-27(26)34(29)19-21(4)36-22(5)35;2-1(3,4)5/h10-18,21H,8-9,19H2,1-7H3;(H,2,3,4,5)/q+1;/p-1. The summed E-state index contributed by atoms with van der Waals surface area (Å²) in [6.07, 6.45) is 6.27. The number of imidazole rings is 1. The number of aromatic nitrogens is 2. The van der Waals surface area contributed by atoms with E-state index in [0.717, 1.165) is 29.9 Å². The molecule has 0 bridgehead atoms. The van der Waals surface area contributed by atoms with Crippen molar-refractivity contribution >= 4 is 40.4 Å². The monoisotopic (exact) mass is 605 g/mol. The molecule has 0 aliphatic carbocycles. The molecular weight excluding hydrogens is 569 g/mol. The lowest BCUT2D eigenvalue weighted by Gasteiger charge is -2.25. The number of ether oxygens (including phenoxy) is 1. The van der Waals surface area contributed by atoms with E-state index in [2.05, 4.69) is 91.1 Å². The molecule has 1 unspecified atom stereocenters. The summed E-state index contributed by atoms with van der Waals surface area (Å²) in [5.74, 6) is 0.762.